The van der Waals surface area contributed by atoms with Gasteiger partial charge in [0.15, 0.2) is 0 Å². The fourth-order valence-corrected chi connectivity index (χ4v) is 5.78. The quantitative estimate of drug-likeness (QED) is 0.774. The van der Waals surface area contributed by atoms with E-state index in [-0.39, 0.29) is 29.4 Å². The Kier molecular flexibility index (Phi) is 5.84. The highest BCUT2D eigenvalue weighted by Crippen LogP contribution is 2.34. The van der Waals surface area contributed by atoms with E-state index >= 15 is 0 Å². The molecule has 2 N–H and O–H groups in total. The van der Waals surface area contributed by atoms with Gasteiger partial charge in [0, 0.05) is 37.2 Å². The fraction of sp³-hybridized carbons (Fsp3) is 0.611. The van der Waals surface area contributed by atoms with Crippen LogP contribution in [0.1, 0.15) is 38.2 Å². The van der Waals surface area contributed by atoms with Crippen LogP contribution in [0.4, 0.5) is 0 Å². The Morgan fingerprint density at radius 3 is 2.81 bits per heavy atom. The van der Waals surface area contributed by atoms with Crippen molar-refractivity contribution >= 4 is 15.9 Å². The van der Waals surface area contributed by atoms with Gasteiger partial charge in [0.1, 0.15) is 5.75 Å². The Morgan fingerprint density at radius 2 is 2.08 bits per heavy atom. The second kappa shape index (κ2) is 7.94. The molecule has 1 amide bonds. The Hall–Kier alpha value is -1.64. The lowest BCUT2D eigenvalue weighted by molar-refractivity contribution is -0.120. The summed E-state index contributed by atoms with van der Waals surface area (Å²) in [7, 11) is -2.05. The van der Waals surface area contributed by atoms with Crippen molar-refractivity contribution in [1.82, 2.24) is 14.9 Å². The van der Waals surface area contributed by atoms with Crippen LogP contribution in [0.25, 0.3) is 0 Å². The first-order valence-corrected chi connectivity index (χ1v) is 10.6. The number of hydrogen-bond acceptors (Lipinski definition) is 5. The molecule has 2 aliphatic heterocycles. The lowest BCUT2D eigenvalue weighted by Gasteiger charge is -2.27. The number of nitrogens with zero attached hydrogens (tertiary/aromatic N) is 1. The molecule has 2 atom stereocenters. The van der Waals surface area contributed by atoms with Gasteiger partial charge in [0.2, 0.25) is 15.9 Å². The van der Waals surface area contributed by atoms with Crippen molar-refractivity contribution in [2.75, 3.05) is 20.2 Å². The summed E-state index contributed by atoms with van der Waals surface area (Å²) in [5.74, 6) is 0.484. The standard InChI is InChI=1S/C18H27N3O4S/c1-3-18(22)20-11-13-10-16(6-7-17(13)25-2)26(23,24)21-14-4-5-15(21)12-19-9-8-14/h6-7,10,14-15,19H,3-5,8-9,11-12H2,1-2H3,(H,20,22). The minimum Gasteiger partial charge on any atom is -0.496 e. The normalized spacial score (nSPS) is 23.5. The van der Waals surface area contributed by atoms with E-state index in [2.05, 4.69) is 10.6 Å². The third-order valence-corrected chi connectivity index (χ3v) is 7.21. The van der Waals surface area contributed by atoms with Gasteiger partial charge in [-0.15, -0.1) is 0 Å². The van der Waals surface area contributed by atoms with Gasteiger partial charge < -0.3 is 15.4 Å². The van der Waals surface area contributed by atoms with E-state index in [9.17, 15) is 13.2 Å². The molecule has 2 saturated heterocycles. The Morgan fingerprint density at radius 1 is 1.31 bits per heavy atom. The molecule has 8 heteroatoms. The van der Waals surface area contributed by atoms with E-state index in [4.69, 9.17) is 4.74 Å². The number of methoxy groups -OCH3 is 1. The lowest BCUT2D eigenvalue weighted by atomic mass is 10.1. The minimum atomic E-state index is -3.59. The highest BCUT2D eigenvalue weighted by Gasteiger charge is 2.43. The summed E-state index contributed by atoms with van der Waals surface area (Å²) in [5.41, 5.74) is 0.663. The molecule has 2 unspecified atom stereocenters. The molecule has 2 fully saturated rings. The highest BCUT2D eigenvalue weighted by molar-refractivity contribution is 7.89. The van der Waals surface area contributed by atoms with E-state index in [0.717, 1.165) is 25.8 Å². The average Bonchev–Trinajstić information content (AvgIpc) is 2.92. The number of carbonyl (C=O) groups excluding carboxylic acids is 1. The zero-order valence-corrected chi connectivity index (χ0v) is 16.1. The van der Waals surface area contributed by atoms with Gasteiger partial charge in [-0.2, -0.15) is 4.31 Å². The van der Waals surface area contributed by atoms with Crippen LogP contribution in [-0.4, -0.2) is 50.9 Å². The van der Waals surface area contributed by atoms with Crippen LogP contribution in [0.5, 0.6) is 5.75 Å². The topological polar surface area (TPSA) is 87.7 Å². The molecular weight excluding hydrogens is 354 g/mol. The first kappa shape index (κ1) is 19.1. The number of rotatable bonds is 6. The van der Waals surface area contributed by atoms with Gasteiger partial charge in [-0.05, 0) is 44.0 Å². The van der Waals surface area contributed by atoms with Crippen LogP contribution >= 0.6 is 0 Å². The van der Waals surface area contributed by atoms with Crippen LogP contribution in [0.15, 0.2) is 23.1 Å². The van der Waals surface area contributed by atoms with E-state index in [1.807, 2.05) is 0 Å². The number of ether oxygens (including phenoxy) is 1. The number of carbonyl (C=O) groups is 1. The van der Waals surface area contributed by atoms with Crippen LogP contribution in [0, 0.1) is 0 Å². The maximum Gasteiger partial charge on any atom is 0.243 e. The second-order valence-electron chi connectivity index (χ2n) is 6.82. The molecule has 144 valence electrons. The molecule has 0 saturated carbocycles. The number of fused-ring (bicyclic) bond motifs is 2. The largest absolute Gasteiger partial charge is 0.496 e. The van der Waals surface area contributed by atoms with E-state index < -0.39 is 10.0 Å². The molecule has 2 heterocycles. The summed E-state index contributed by atoms with van der Waals surface area (Å²) < 4.78 is 33.7. The summed E-state index contributed by atoms with van der Waals surface area (Å²) in [6, 6.07) is 4.96. The van der Waals surface area contributed by atoms with Crippen LogP contribution in [0.3, 0.4) is 0 Å². The first-order chi connectivity index (χ1) is 12.5. The van der Waals surface area contributed by atoms with Gasteiger partial charge in [-0.3, -0.25) is 4.79 Å². The smallest absolute Gasteiger partial charge is 0.243 e. The molecule has 0 spiro atoms. The molecule has 0 aromatic heterocycles. The number of hydrogen-bond donors (Lipinski definition) is 2. The van der Waals surface area contributed by atoms with Crippen LogP contribution in [-0.2, 0) is 21.4 Å². The lowest BCUT2D eigenvalue weighted by Crippen LogP contribution is -2.42. The molecular formula is C18H27N3O4S. The molecule has 2 bridgehead atoms. The fourth-order valence-electron chi connectivity index (χ4n) is 3.82. The van der Waals surface area contributed by atoms with Crippen molar-refractivity contribution in [3.63, 3.8) is 0 Å². The molecule has 0 aliphatic carbocycles. The van der Waals surface area contributed by atoms with Crippen LogP contribution in [0.2, 0.25) is 0 Å². The van der Waals surface area contributed by atoms with E-state index in [1.165, 1.54) is 7.11 Å². The predicted molar refractivity (Wildman–Crippen MR) is 98.5 cm³/mol. The number of amides is 1. The molecule has 7 nitrogen and oxygen atoms in total. The summed E-state index contributed by atoms with van der Waals surface area (Å²) in [6.45, 7) is 3.57. The third kappa shape index (κ3) is 3.72. The van der Waals surface area contributed by atoms with Gasteiger partial charge in [-0.25, -0.2) is 8.42 Å². The molecule has 26 heavy (non-hydrogen) atoms. The van der Waals surface area contributed by atoms with Crippen molar-refractivity contribution in [3.8, 4) is 5.75 Å². The first-order valence-electron chi connectivity index (χ1n) is 9.15. The van der Waals surface area contributed by atoms with Gasteiger partial charge in [0.05, 0.1) is 12.0 Å². The molecule has 1 aromatic rings. The summed E-state index contributed by atoms with van der Waals surface area (Å²) in [6.07, 6.45) is 3.03. The van der Waals surface area contributed by atoms with E-state index in [1.54, 1.807) is 29.4 Å². The SMILES string of the molecule is CCC(=O)NCc1cc(S(=O)(=O)N2C3CCNCC2CC3)ccc1OC. The summed E-state index contributed by atoms with van der Waals surface area (Å²) in [5, 5.41) is 6.11. The second-order valence-corrected chi connectivity index (χ2v) is 8.66. The minimum absolute atomic E-state index is 0.0119. The zero-order valence-electron chi connectivity index (χ0n) is 15.3. The Labute approximate surface area is 155 Å². The Bertz CT molecular complexity index is 752. The maximum absolute atomic E-state index is 13.3. The van der Waals surface area contributed by atoms with Crippen molar-refractivity contribution in [3.05, 3.63) is 23.8 Å². The van der Waals surface area contributed by atoms with Gasteiger partial charge in [-0.1, -0.05) is 6.92 Å². The van der Waals surface area contributed by atoms with Crippen molar-refractivity contribution in [2.45, 2.75) is 56.1 Å². The average molecular weight is 381 g/mol. The molecule has 1 aromatic carbocycles. The summed E-state index contributed by atoms with van der Waals surface area (Å²) in [4.78, 5) is 11.8. The zero-order chi connectivity index (χ0) is 18.7. The van der Waals surface area contributed by atoms with Gasteiger partial charge >= 0.3 is 0 Å². The predicted octanol–water partition coefficient (Wildman–Crippen LogP) is 1.24. The van der Waals surface area contributed by atoms with Crippen molar-refractivity contribution in [1.29, 1.82) is 0 Å². The van der Waals surface area contributed by atoms with Crippen LogP contribution < -0.4 is 15.4 Å². The summed E-state index contributed by atoms with van der Waals surface area (Å²) >= 11 is 0. The van der Waals surface area contributed by atoms with E-state index in [0.29, 0.717) is 24.3 Å². The highest BCUT2D eigenvalue weighted by atomic mass is 32.2. The number of benzene rings is 1. The monoisotopic (exact) mass is 381 g/mol. The maximum atomic E-state index is 13.3. The Balaban J connectivity index is 1.91. The molecule has 3 rings (SSSR count). The van der Waals surface area contributed by atoms with Gasteiger partial charge in [0.25, 0.3) is 0 Å². The van der Waals surface area contributed by atoms with Crippen molar-refractivity contribution in [2.24, 2.45) is 0 Å². The molecule has 0 radical (unpaired) electrons. The molecule has 2 aliphatic rings. The number of nitrogens with one attached hydrogen (secondary N) is 2. The third-order valence-electron chi connectivity index (χ3n) is 5.21. The number of sulfonamides is 1. The van der Waals surface area contributed by atoms with Crippen molar-refractivity contribution < 1.29 is 17.9 Å².